The van der Waals surface area contributed by atoms with Gasteiger partial charge in [0.15, 0.2) is 0 Å². The minimum atomic E-state index is 0.0978. The van der Waals surface area contributed by atoms with Crippen LogP contribution in [0.1, 0.15) is 200 Å². The van der Waals surface area contributed by atoms with Crippen molar-refractivity contribution < 1.29 is 9.47 Å². The molecule has 0 amide bonds. The molecule has 0 fully saturated rings. The third-order valence-electron chi connectivity index (χ3n) is 10.8. The van der Waals surface area contributed by atoms with Crippen molar-refractivity contribution in [3.63, 3.8) is 0 Å². The average molecular weight is 649 g/mol. The van der Waals surface area contributed by atoms with E-state index in [4.69, 9.17) is 9.47 Å². The number of rotatable bonds is 28. The monoisotopic (exact) mass is 649 g/mol. The maximum Gasteiger partial charge on any atom is 0.123 e. The van der Waals surface area contributed by atoms with Crippen LogP contribution in [0.15, 0.2) is 42.5 Å². The van der Waals surface area contributed by atoms with E-state index in [2.05, 4.69) is 97.9 Å². The van der Waals surface area contributed by atoms with Gasteiger partial charge in [0.05, 0.1) is 12.7 Å². The Morgan fingerprint density at radius 2 is 1.17 bits per heavy atom. The van der Waals surface area contributed by atoms with E-state index in [1.807, 2.05) is 0 Å². The predicted molar refractivity (Wildman–Crippen MR) is 208 cm³/mol. The maximum atomic E-state index is 6.58. The molecule has 1 unspecified atom stereocenters. The number of ether oxygens (including phenoxy) is 2. The van der Waals surface area contributed by atoms with Gasteiger partial charge in [-0.3, -0.25) is 0 Å². The number of benzene rings is 2. The lowest BCUT2D eigenvalue weighted by atomic mass is 9.76. The minimum absolute atomic E-state index is 0.0978. The molecule has 0 N–H and O–H groups in total. The van der Waals surface area contributed by atoms with Crippen molar-refractivity contribution in [2.45, 2.75) is 207 Å². The van der Waals surface area contributed by atoms with Crippen molar-refractivity contribution in [3.05, 3.63) is 59.2 Å². The molecule has 0 aliphatic heterocycles. The van der Waals surface area contributed by atoms with Crippen LogP contribution in [0.5, 0.6) is 11.5 Å². The van der Waals surface area contributed by atoms with E-state index < -0.39 is 0 Å². The Kier molecular flexibility index (Phi) is 20.5. The molecule has 1 atom stereocenters. The second-order valence-electron chi connectivity index (χ2n) is 15.8. The molecule has 0 radical (unpaired) electrons. The van der Waals surface area contributed by atoms with Crippen molar-refractivity contribution in [1.29, 1.82) is 0 Å². The number of unbranched alkanes of at least 4 members (excludes halogenated alkanes) is 15. The summed E-state index contributed by atoms with van der Waals surface area (Å²) in [6.45, 7) is 19.3. The van der Waals surface area contributed by atoms with E-state index in [0.29, 0.717) is 0 Å². The highest BCUT2D eigenvalue weighted by atomic mass is 16.5. The molecule has 2 aromatic carbocycles. The summed E-state index contributed by atoms with van der Waals surface area (Å²) < 4.78 is 12.7. The molecule has 0 aliphatic carbocycles. The first-order valence-corrected chi connectivity index (χ1v) is 20.2. The van der Waals surface area contributed by atoms with Crippen LogP contribution in [-0.4, -0.2) is 12.7 Å². The van der Waals surface area contributed by atoms with E-state index in [9.17, 15) is 0 Å². The summed E-state index contributed by atoms with van der Waals surface area (Å²) in [4.78, 5) is 0. The quantitative estimate of drug-likeness (QED) is 0.0855. The van der Waals surface area contributed by atoms with Crippen LogP contribution in [0.2, 0.25) is 0 Å². The van der Waals surface area contributed by atoms with Gasteiger partial charge in [-0.25, -0.2) is 0 Å². The summed E-state index contributed by atoms with van der Waals surface area (Å²) in [7, 11) is 0. The van der Waals surface area contributed by atoms with Gasteiger partial charge in [0.2, 0.25) is 0 Å². The molecule has 0 saturated carbocycles. The van der Waals surface area contributed by atoms with Gasteiger partial charge in [0.1, 0.15) is 11.5 Å². The molecule has 0 aromatic heterocycles. The topological polar surface area (TPSA) is 18.5 Å². The van der Waals surface area contributed by atoms with Gasteiger partial charge >= 0.3 is 0 Å². The number of hydrogen-bond acceptors (Lipinski definition) is 2. The molecule has 0 saturated heterocycles. The van der Waals surface area contributed by atoms with Gasteiger partial charge in [-0.15, -0.1) is 0 Å². The van der Waals surface area contributed by atoms with Crippen LogP contribution in [0, 0.1) is 0 Å². The van der Waals surface area contributed by atoms with Gasteiger partial charge in [-0.2, -0.15) is 0 Å². The molecule has 2 rings (SSSR count). The van der Waals surface area contributed by atoms with Crippen LogP contribution in [-0.2, 0) is 17.3 Å². The summed E-state index contributed by atoms with van der Waals surface area (Å²) in [6, 6.07) is 15.8. The minimum Gasteiger partial charge on any atom is -0.494 e. The fraction of sp³-hybridized carbons (Fsp3) is 0.733. The van der Waals surface area contributed by atoms with Gasteiger partial charge in [0.25, 0.3) is 0 Å². The first-order chi connectivity index (χ1) is 22.6. The van der Waals surface area contributed by atoms with Gasteiger partial charge < -0.3 is 9.47 Å². The van der Waals surface area contributed by atoms with Crippen LogP contribution in [0.4, 0.5) is 0 Å². The highest BCUT2D eigenvalue weighted by Gasteiger charge is 2.27. The van der Waals surface area contributed by atoms with Crippen molar-refractivity contribution >= 4 is 0 Å². The molecule has 2 aromatic rings. The largest absolute Gasteiger partial charge is 0.494 e. The molecule has 0 bridgehead atoms. The Hall–Kier alpha value is -1.96. The second-order valence-corrected chi connectivity index (χ2v) is 15.8. The summed E-state index contributed by atoms with van der Waals surface area (Å²) >= 11 is 0. The Morgan fingerprint density at radius 3 is 1.79 bits per heavy atom. The van der Waals surface area contributed by atoms with Crippen molar-refractivity contribution in [2.24, 2.45) is 0 Å². The summed E-state index contributed by atoms with van der Waals surface area (Å²) in [5.41, 5.74) is 4.48. The zero-order chi connectivity index (χ0) is 34.4. The summed E-state index contributed by atoms with van der Waals surface area (Å²) in [5, 5.41) is 0. The Labute approximate surface area is 293 Å². The van der Waals surface area contributed by atoms with E-state index in [0.717, 1.165) is 43.8 Å². The standard InChI is InChI=1S/C45H76O2/c1-9-12-13-14-15-16-17-18-19-20-21-22-26-30-39-31-28-32-41(36-39)46-35-27-24-23-25-29-38(4)47-43-34-33-40(44(5,6)10-2)37-42(43)45(7,8)11-3/h28,31-34,36-38H,9-27,29-30,35H2,1-8H3. The molecular weight excluding hydrogens is 572 g/mol. The molecule has 2 heteroatoms. The lowest BCUT2D eigenvalue weighted by Crippen LogP contribution is -2.22. The highest BCUT2D eigenvalue weighted by molar-refractivity contribution is 5.44. The van der Waals surface area contributed by atoms with Gasteiger partial charge in [-0.05, 0) is 92.0 Å². The van der Waals surface area contributed by atoms with Gasteiger partial charge in [-0.1, -0.05) is 163 Å². The lowest BCUT2D eigenvalue weighted by molar-refractivity contribution is 0.200. The first-order valence-electron chi connectivity index (χ1n) is 20.2. The molecule has 47 heavy (non-hydrogen) atoms. The summed E-state index contributed by atoms with van der Waals surface area (Å²) in [5.74, 6) is 2.11. The van der Waals surface area contributed by atoms with E-state index in [-0.39, 0.29) is 16.9 Å². The van der Waals surface area contributed by atoms with Crippen LogP contribution >= 0.6 is 0 Å². The summed E-state index contributed by atoms with van der Waals surface area (Å²) in [6.07, 6.45) is 27.8. The first kappa shape index (κ1) is 41.2. The van der Waals surface area contributed by atoms with Crippen molar-refractivity contribution in [1.82, 2.24) is 0 Å². The van der Waals surface area contributed by atoms with Crippen LogP contribution < -0.4 is 9.47 Å². The molecule has 0 aliphatic rings. The zero-order valence-corrected chi connectivity index (χ0v) is 32.5. The molecular formula is C45H76O2. The van der Waals surface area contributed by atoms with E-state index >= 15 is 0 Å². The predicted octanol–water partition coefficient (Wildman–Crippen LogP) is 14.5. The molecule has 2 nitrogen and oxygen atoms in total. The SMILES string of the molecule is CCCCCCCCCCCCCCCc1cccc(OCCCCCCC(C)Oc2ccc(C(C)(C)CC)cc2C(C)(C)CC)c1. The maximum absolute atomic E-state index is 6.58. The molecule has 0 heterocycles. The Balaban J connectivity index is 1.58. The normalized spacial score (nSPS) is 12.8. The molecule has 268 valence electrons. The third-order valence-corrected chi connectivity index (χ3v) is 10.8. The van der Waals surface area contributed by atoms with Crippen LogP contribution in [0.3, 0.4) is 0 Å². The lowest BCUT2D eigenvalue weighted by Gasteiger charge is -2.31. The van der Waals surface area contributed by atoms with Crippen molar-refractivity contribution in [3.8, 4) is 11.5 Å². The fourth-order valence-electron chi connectivity index (χ4n) is 6.47. The smallest absolute Gasteiger partial charge is 0.123 e. The van der Waals surface area contributed by atoms with E-state index in [1.165, 1.54) is 126 Å². The van der Waals surface area contributed by atoms with Crippen molar-refractivity contribution in [2.75, 3.05) is 6.61 Å². The second kappa shape index (κ2) is 23.4. The number of hydrogen-bond donors (Lipinski definition) is 0. The van der Waals surface area contributed by atoms with Gasteiger partial charge in [0, 0.05) is 5.56 Å². The Bertz CT molecular complexity index is 1070. The fourth-order valence-corrected chi connectivity index (χ4v) is 6.47. The molecule has 0 spiro atoms. The average Bonchev–Trinajstić information content (AvgIpc) is 3.06. The number of aryl methyl sites for hydroxylation is 1. The van der Waals surface area contributed by atoms with Crippen LogP contribution in [0.25, 0.3) is 0 Å². The third kappa shape index (κ3) is 16.8. The highest BCUT2D eigenvalue weighted by Crippen LogP contribution is 2.39. The van der Waals surface area contributed by atoms with E-state index in [1.54, 1.807) is 0 Å². The zero-order valence-electron chi connectivity index (χ0n) is 32.5. The Morgan fingerprint density at radius 1 is 0.596 bits per heavy atom.